The predicted molar refractivity (Wildman–Crippen MR) is 67.9 cm³/mol. The van der Waals surface area contributed by atoms with Crippen LogP contribution in [0.2, 0.25) is 0 Å². The van der Waals surface area contributed by atoms with Crippen molar-refractivity contribution in [3.63, 3.8) is 0 Å². The molecule has 0 radical (unpaired) electrons. The second kappa shape index (κ2) is 5.05. The molecular weight excluding hydrogens is 232 g/mol. The van der Waals surface area contributed by atoms with Crippen molar-refractivity contribution in [1.29, 1.82) is 0 Å². The zero-order chi connectivity index (χ0) is 13.1. The first-order valence-corrected chi connectivity index (χ1v) is 5.61. The van der Waals surface area contributed by atoms with Gasteiger partial charge in [0.2, 0.25) is 5.89 Å². The molecule has 0 saturated heterocycles. The van der Waals surface area contributed by atoms with Gasteiger partial charge in [-0.15, -0.1) is 5.10 Å². The first-order chi connectivity index (χ1) is 8.60. The Bertz CT molecular complexity index is 537. The minimum Gasteiger partial charge on any atom is -0.497 e. The number of aromatic nitrogens is 2. The van der Waals surface area contributed by atoms with E-state index < -0.39 is 0 Å². The SMILES string of the molecule is COc1ccc(Nc2nnc(C(C)N)o2)c(C)c1. The third-order valence-corrected chi connectivity index (χ3v) is 2.51. The Hall–Kier alpha value is -2.08. The molecule has 1 atom stereocenters. The number of aryl methyl sites for hydroxylation is 1. The summed E-state index contributed by atoms with van der Waals surface area (Å²) in [6.45, 7) is 3.75. The molecule has 0 aliphatic heterocycles. The van der Waals surface area contributed by atoms with Gasteiger partial charge in [0.15, 0.2) is 0 Å². The monoisotopic (exact) mass is 248 g/mol. The highest BCUT2D eigenvalue weighted by molar-refractivity contribution is 5.58. The molecule has 6 nitrogen and oxygen atoms in total. The molecule has 3 N–H and O–H groups in total. The van der Waals surface area contributed by atoms with Crippen LogP contribution in [-0.4, -0.2) is 17.3 Å². The fraction of sp³-hybridized carbons (Fsp3) is 0.333. The number of methoxy groups -OCH3 is 1. The Morgan fingerprint density at radius 3 is 2.72 bits per heavy atom. The van der Waals surface area contributed by atoms with E-state index in [1.54, 1.807) is 14.0 Å². The molecule has 18 heavy (non-hydrogen) atoms. The van der Waals surface area contributed by atoms with Crippen LogP contribution in [-0.2, 0) is 0 Å². The molecule has 1 aromatic carbocycles. The number of benzene rings is 1. The number of ether oxygens (including phenoxy) is 1. The fourth-order valence-electron chi connectivity index (χ4n) is 1.49. The molecule has 6 heteroatoms. The Labute approximate surface area is 105 Å². The Morgan fingerprint density at radius 2 is 2.17 bits per heavy atom. The lowest BCUT2D eigenvalue weighted by atomic mass is 10.2. The van der Waals surface area contributed by atoms with Gasteiger partial charge in [-0.25, -0.2) is 0 Å². The molecule has 0 bridgehead atoms. The molecule has 0 amide bonds. The van der Waals surface area contributed by atoms with E-state index >= 15 is 0 Å². The second-order valence-corrected chi connectivity index (χ2v) is 4.04. The molecular formula is C12H16N4O2. The molecule has 1 aromatic heterocycles. The lowest BCUT2D eigenvalue weighted by Crippen LogP contribution is -2.04. The molecule has 0 fully saturated rings. The Kier molecular flexibility index (Phi) is 3.47. The molecule has 0 aliphatic carbocycles. The van der Waals surface area contributed by atoms with Crippen LogP contribution in [0, 0.1) is 6.92 Å². The van der Waals surface area contributed by atoms with Crippen molar-refractivity contribution in [3.05, 3.63) is 29.7 Å². The van der Waals surface area contributed by atoms with Gasteiger partial charge in [0, 0.05) is 5.69 Å². The van der Waals surface area contributed by atoms with Gasteiger partial charge in [-0.2, -0.15) is 0 Å². The van der Waals surface area contributed by atoms with Crippen LogP contribution < -0.4 is 15.8 Å². The highest BCUT2D eigenvalue weighted by Gasteiger charge is 2.10. The number of nitrogens with one attached hydrogen (secondary N) is 1. The largest absolute Gasteiger partial charge is 0.497 e. The van der Waals surface area contributed by atoms with Crippen molar-refractivity contribution in [2.75, 3.05) is 12.4 Å². The molecule has 0 spiro atoms. The molecule has 2 rings (SSSR count). The van der Waals surface area contributed by atoms with E-state index in [-0.39, 0.29) is 6.04 Å². The molecule has 1 heterocycles. The van der Waals surface area contributed by atoms with E-state index in [2.05, 4.69) is 15.5 Å². The lowest BCUT2D eigenvalue weighted by Gasteiger charge is -2.07. The first-order valence-electron chi connectivity index (χ1n) is 5.61. The maximum atomic E-state index is 5.65. The van der Waals surface area contributed by atoms with E-state index in [1.807, 2.05) is 25.1 Å². The van der Waals surface area contributed by atoms with Gasteiger partial charge in [-0.05, 0) is 37.6 Å². The lowest BCUT2D eigenvalue weighted by molar-refractivity contribution is 0.414. The van der Waals surface area contributed by atoms with Crippen molar-refractivity contribution < 1.29 is 9.15 Å². The summed E-state index contributed by atoms with van der Waals surface area (Å²) in [4.78, 5) is 0. The van der Waals surface area contributed by atoms with Crippen molar-refractivity contribution in [1.82, 2.24) is 10.2 Å². The summed E-state index contributed by atoms with van der Waals surface area (Å²) >= 11 is 0. The van der Waals surface area contributed by atoms with Gasteiger partial charge >= 0.3 is 6.01 Å². The van der Waals surface area contributed by atoms with Crippen LogP contribution in [0.3, 0.4) is 0 Å². The summed E-state index contributed by atoms with van der Waals surface area (Å²) in [6, 6.07) is 5.73. The molecule has 1 unspecified atom stereocenters. The number of hydrogen-bond donors (Lipinski definition) is 2. The summed E-state index contributed by atoms with van der Waals surface area (Å²) in [7, 11) is 1.63. The smallest absolute Gasteiger partial charge is 0.320 e. The number of hydrogen-bond acceptors (Lipinski definition) is 6. The normalized spacial score (nSPS) is 12.2. The van der Waals surface area contributed by atoms with Gasteiger partial charge in [-0.3, -0.25) is 0 Å². The molecule has 96 valence electrons. The van der Waals surface area contributed by atoms with Crippen LogP contribution in [0.15, 0.2) is 22.6 Å². The van der Waals surface area contributed by atoms with Gasteiger partial charge in [-0.1, -0.05) is 5.10 Å². The fourth-order valence-corrected chi connectivity index (χ4v) is 1.49. The maximum Gasteiger partial charge on any atom is 0.320 e. The highest BCUT2D eigenvalue weighted by Crippen LogP contribution is 2.24. The minimum atomic E-state index is -0.273. The van der Waals surface area contributed by atoms with E-state index in [4.69, 9.17) is 14.9 Å². The van der Waals surface area contributed by atoms with E-state index in [9.17, 15) is 0 Å². The first kappa shape index (κ1) is 12.4. The van der Waals surface area contributed by atoms with Gasteiger partial charge in [0.25, 0.3) is 0 Å². The van der Waals surface area contributed by atoms with E-state index in [0.717, 1.165) is 17.0 Å². The number of nitrogens with two attached hydrogens (primary N) is 1. The second-order valence-electron chi connectivity index (χ2n) is 4.04. The zero-order valence-corrected chi connectivity index (χ0v) is 10.6. The van der Waals surface area contributed by atoms with Gasteiger partial charge in [0.05, 0.1) is 13.2 Å². The average Bonchev–Trinajstić information content (AvgIpc) is 2.80. The Morgan fingerprint density at radius 1 is 1.39 bits per heavy atom. The molecule has 0 saturated carbocycles. The van der Waals surface area contributed by atoms with Crippen LogP contribution in [0.4, 0.5) is 11.7 Å². The summed E-state index contributed by atoms with van der Waals surface area (Å²) < 4.78 is 10.5. The third-order valence-electron chi connectivity index (χ3n) is 2.51. The van der Waals surface area contributed by atoms with E-state index in [0.29, 0.717) is 11.9 Å². The summed E-state index contributed by atoms with van der Waals surface area (Å²) in [5.74, 6) is 1.21. The summed E-state index contributed by atoms with van der Waals surface area (Å²) in [5.41, 5.74) is 7.56. The average molecular weight is 248 g/mol. The third kappa shape index (κ3) is 2.60. The standard InChI is InChI=1S/C12H16N4O2/c1-7-6-9(17-3)4-5-10(7)14-12-16-15-11(18-12)8(2)13/h4-6,8H,13H2,1-3H3,(H,14,16). The number of rotatable bonds is 4. The van der Waals surface area contributed by atoms with Crippen LogP contribution in [0.1, 0.15) is 24.4 Å². The molecule has 0 aliphatic rings. The quantitative estimate of drug-likeness (QED) is 0.862. The van der Waals surface area contributed by atoms with Crippen molar-refractivity contribution >= 4 is 11.7 Å². The van der Waals surface area contributed by atoms with Gasteiger partial charge in [0.1, 0.15) is 5.75 Å². The number of nitrogens with zero attached hydrogens (tertiary/aromatic N) is 2. The summed E-state index contributed by atoms with van der Waals surface area (Å²) in [5, 5.41) is 10.8. The van der Waals surface area contributed by atoms with Crippen molar-refractivity contribution in [2.24, 2.45) is 5.73 Å². The minimum absolute atomic E-state index is 0.273. The molecule has 2 aromatic rings. The van der Waals surface area contributed by atoms with Crippen molar-refractivity contribution in [3.8, 4) is 5.75 Å². The maximum absolute atomic E-state index is 5.65. The van der Waals surface area contributed by atoms with Crippen LogP contribution >= 0.6 is 0 Å². The topological polar surface area (TPSA) is 86.2 Å². The van der Waals surface area contributed by atoms with Gasteiger partial charge < -0.3 is 20.2 Å². The van der Waals surface area contributed by atoms with Crippen LogP contribution in [0.5, 0.6) is 5.75 Å². The van der Waals surface area contributed by atoms with Crippen molar-refractivity contribution in [2.45, 2.75) is 19.9 Å². The number of anilines is 2. The predicted octanol–water partition coefficient (Wildman–Crippen LogP) is 2.15. The zero-order valence-electron chi connectivity index (χ0n) is 10.6. The Balaban J connectivity index is 2.17. The summed E-state index contributed by atoms with van der Waals surface area (Å²) in [6.07, 6.45) is 0. The highest BCUT2D eigenvalue weighted by atomic mass is 16.5. The van der Waals surface area contributed by atoms with Crippen LogP contribution in [0.25, 0.3) is 0 Å². The van der Waals surface area contributed by atoms with E-state index in [1.165, 1.54) is 0 Å².